The van der Waals surface area contributed by atoms with Crippen LogP contribution < -0.4 is 5.32 Å². The van der Waals surface area contributed by atoms with Gasteiger partial charge in [-0.15, -0.1) is 0 Å². The van der Waals surface area contributed by atoms with Crippen molar-refractivity contribution in [3.8, 4) is 0 Å². The van der Waals surface area contributed by atoms with Gasteiger partial charge in [-0.2, -0.15) is 0 Å². The number of amides is 3. The van der Waals surface area contributed by atoms with E-state index in [2.05, 4.69) is 5.32 Å². The van der Waals surface area contributed by atoms with E-state index in [0.29, 0.717) is 18.4 Å². The number of hydrogen-bond donors (Lipinski definition) is 1. The Bertz CT molecular complexity index is 794. The Labute approximate surface area is 161 Å². The Balaban J connectivity index is 1.49. The molecule has 1 fully saturated rings. The predicted octanol–water partition coefficient (Wildman–Crippen LogP) is 1.32. The van der Waals surface area contributed by atoms with Crippen molar-refractivity contribution < 1.29 is 28.3 Å². The van der Waals surface area contributed by atoms with Gasteiger partial charge in [0.25, 0.3) is 5.91 Å². The Morgan fingerprint density at radius 1 is 1.14 bits per heavy atom. The lowest BCUT2D eigenvalue weighted by atomic mass is 9.85. The number of nitrogens with one attached hydrogen (secondary N) is 1. The van der Waals surface area contributed by atoms with Crippen LogP contribution in [0, 0.1) is 17.7 Å². The molecule has 1 saturated heterocycles. The lowest BCUT2D eigenvalue weighted by molar-refractivity contribution is -0.159. The lowest BCUT2D eigenvalue weighted by Gasteiger charge is -2.21. The minimum atomic E-state index is -1.09. The second kappa shape index (κ2) is 8.33. The van der Waals surface area contributed by atoms with Crippen molar-refractivity contribution >= 4 is 23.7 Å². The first-order valence-electron chi connectivity index (χ1n) is 9.08. The summed E-state index contributed by atoms with van der Waals surface area (Å²) in [5.41, 5.74) is 0.693. The molecule has 3 amide bonds. The van der Waals surface area contributed by atoms with Crippen LogP contribution in [-0.2, 0) is 30.5 Å². The number of fused-ring (bicyclic) bond motifs is 1. The van der Waals surface area contributed by atoms with Crippen molar-refractivity contribution in [2.75, 3.05) is 6.61 Å². The molecular weight excluding hydrogens is 367 g/mol. The number of hydrogen-bond acceptors (Lipinski definition) is 5. The van der Waals surface area contributed by atoms with Crippen molar-refractivity contribution in [3.05, 3.63) is 47.8 Å². The number of likely N-dealkylation sites (tertiary alicyclic amines) is 1. The lowest BCUT2D eigenvalue weighted by Crippen LogP contribution is -2.45. The van der Waals surface area contributed by atoms with Gasteiger partial charge in [-0.3, -0.25) is 19.3 Å². The van der Waals surface area contributed by atoms with Gasteiger partial charge in [0.05, 0.1) is 11.8 Å². The average Bonchev–Trinajstić information content (AvgIpc) is 2.96. The normalized spacial score (nSPS) is 22.0. The highest BCUT2D eigenvalue weighted by Crippen LogP contribution is 2.36. The highest BCUT2D eigenvalue weighted by Gasteiger charge is 2.50. The van der Waals surface area contributed by atoms with Crippen molar-refractivity contribution in [3.63, 3.8) is 0 Å². The molecule has 1 aliphatic heterocycles. The highest BCUT2D eigenvalue weighted by atomic mass is 19.1. The van der Waals surface area contributed by atoms with E-state index in [9.17, 15) is 23.6 Å². The van der Waals surface area contributed by atoms with Crippen LogP contribution in [0.1, 0.15) is 25.3 Å². The first-order valence-corrected chi connectivity index (χ1v) is 9.08. The molecule has 2 aliphatic rings. The van der Waals surface area contributed by atoms with Crippen LogP contribution in [0.4, 0.5) is 4.39 Å². The molecule has 1 aromatic carbocycles. The van der Waals surface area contributed by atoms with E-state index in [1.54, 1.807) is 0 Å². The van der Waals surface area contributed by atoms with Crippen LogP contribution in [0.2, 0.25) is 0 Å². The number of ether oxygens (including phenoxy) is 1. The molecule has 1 heterocycles. The molecule has 1 N–H and O–H groups in total. The van der Waals surface area contributed by atoms with Gasteiger partial charge < -0.3 is 10.1 Å². The summed E-state index contributed by atoms with van der Waals surface area (Å²) < 4.78 is 17.8. The summed E-state index contributed by atoms with van der Waals surface area (Å²) in [4.78, 5) is 50.0. The largest absolute Gasteiger partial charge is 0.454 e. The van der Waals surface area contributed by atoms with E-state index in [4.69, 9.17) is 4.74 Å². The molecule has 0 aromatic heterocycles. The average molecular weight is 388 g/mol. The summed E-state index contributed by atoms with van der Waals surface area (Å²) in [7, 11) is 0. The van der Waals surface area contributed by atoms with Crippen LogP contribution in [-0.4, -0.2) is 41.2 Å². The topological polar surface area (TPSA) is 92.8 Å². The number of halogens is 1. The Kier molecular flexibility index (Phi) is 5.87. The molecule has 0 radical (unpaired) electrons. The summed E-state index contributed by atoms with van der Waals surface area (Å²) >= 11 is 0. The molecule has 1 aromatic rings. The summed E-state index contributed by atoms with van der Waals surface area (Å²) in [5.74, 6) is -3.32. The minimum absolute atomic E-state index is 0.158. The van der Waals surface area contributed by atoms with E-state index in [1.807, 2.05) is 12.2 Å². The molecule has 7 nitrogen and oxygen atoms in total. The maximum atomic E-state index is 12.9. The second-order valence-corrected chi connectivity index (χ2v) is 6.89. The summed E-state index contributed by atoms with van der Waals surface area (Å²) in [6, 6.07) is 4.53. The zero-order valence-corrected chi connectivity index (χ0v) is 15.4. The van der Waals surface area contributed by atoms with Crippen LogP contribution >= 0.6 is 0 Å². The molecule has 0 spiro atoms. The van der Waals surface area contributed by atoms with Crippen molar-refractivity contribution in [1.29, 1.82) is 0 Å². The van der Waals surface area contributed by atoms with Gasteiger partial charge in [0.2, 0.25) is 11.8 Å². The fourth-order valence-electron chi connectivity index (χ4n) is 3.42. The Morgan fingerprint density at radius 2 is 1.71 bits per heavy atom. The zero-order valence-electron chi connectivity index (χ0n) is 15.4. The fourth-order valence-corrected chi connectivity index (χ4v) is 3.42. The monoisotopic (exact) mass is 388 g/mol. The first-order chi connectivity index (χ1) is 13.4. The number of allylic oxidation sites excluding steroid dienone is 2. The molecule has 0 bridgehead atoms. The molecule has 3 atom stereocenters. The van der Waals surface area contributed by atoms with Crippen LogP contribution in [0.25, 0.3) is 0 Å². The first kappa shape index (κ1) is 19.7. The third-order valence-electron chi connectivity index (χ3n) is 5.02. The molecule has 3 rings (SSSR count). The maximum absolute atomic E-state index is 12.9. The van der Waals surface area contributed by atoms with Gasteiger partial charge in [0, 0.05) is 6.54 Å². The number of benzene rings is 1. The van der Waals surface area contributed by atoms with E-state index in [0.717, 1.165) is 4.90 Å². The predicted molar refractivity (Wildman–Crippen MR) is 95.9 cm³/mol. The van der Waals surface area contributed by atoms with E-state index in [-0.39, 0.29) is 24.2 Å². The zero-order chi connectivity index (χ0) is 20.3. The van der Waals surface area contributed by atoms with Gasteiger partial charge in [0.1, 0.15) is 11.9 Å². The number of imide groups is 1. The number of carbonyl (C=O) groups excluding carboxylic acids is 4. The molecule has 148 valence electrons. The molecular formula is C20H21FN2O5. The number of nitrogens with zero attached hydrogens (tertiary/aromatic N) is 1. The highest BCUT2D eigenvalue weighted by molar-refractivity contribution is 6.08. The number of carbonyl (C=O) groups is 4. The van der Waals surface area contributed by atoms with E-state index in [1.165, 1.54) is 31.2 Å². The molecule has 0 unspecified atom stereocenters. The van der Waals surface area contributed by atoms with Crippen molar-refractivity contribution in [1.82, 2.24) is 10.2 Å². The van der Waals surface area contributed by atoms with E-state index < -0.39 is 36.4 Å². The molecule has 0 saturated carbocycles. The van der Waals surface area contributed by atoms with Gasteiger partial charge >= 0.3 is 5.97 Å². The number of rotatable bonds is 6. The van der Waals surface area contributed by atoms with E-state index >= 15 is 0 Å². The van der Waals surface area contributed by atoms with Crippen LogP contribution in [0.3, 0.4) is 0 Å². The second-order valence-electron chi connectivity index (χ2n) is 6.89. The number of esters is 1. The van der Waals surface area contributed by atoms with Crippen molar-refractivity contribution in [2.24, 2.45) is 11.8 Å². The van der Waals surface area contributed by atoms with Crippen molar-refractivity contribution in [2.45, 2.75) is 32.4 Å². The third-order valence-corrected chi connectivity index (χ3v) is 5.02. The quantitative estimate of drug-likeness (QED) is 0.451. The molecule has 8 heteroatoms. The summed E-state index contributed by atoms with van der Waals surface area (Å²) in [6.45, 7) is 1.04. The van der Waals surface area contributed by atoms with Gasteiger partial charge in [-0.05, 0) is 37.5 Å². The van der Waals surface area contributed by atoms with Gasteiger partial charge in [0.15, 0.2) is 6.61 Å². The summed E-state index contributed by atoms with van der Waals surface area (Å²) in [6.07, 6.45) is 4.70. The fraction of sp³-hybridized carbons (Fsp3) is 0.400. The SMILES string of the molecule is C[C@@H](C(=O)OCC(=O)NCc1ccc(F)cc1)N1C(=O)[C@H]2CC=CC[C@@H]2C1=O. The molecule has 28 heavy (non-hydrogen) atoms. The smallest absolute Gasteiger partial charge is 0.329 e. The molecule has 1 aliphatic carbocycles. The van der Waals surface area contributed by atoms with Crippen LogP contribution in [0.5, 0.6) is 0 Å². The summed E-state index contributed by atoms with van der Waals surface area (Å²) in [5, 5.41) is 2.55. The van der Waals surface area contributed by atoms with Crippen LogP contribution in [0.15, 0.2) is 36.4 Å². The maximum Gasteiger partial charge on any atom is 0.329 e. The Hall–Kier alpha value is -3.03. The third kappa shape index (κ3) is 4.11. The van der Waals surface area contributed by atoms with Gasteiger partial charge in [-0.25, -0.2) is 9.18 Å². The Morgan fingerprint density at radius 3 is 2.29 bits per heavy atom. The minimum Gasteiger partial charge on any atom is -0.454 e. The standard InChI is InChI=1S/C20H21FN2O5/c1-12(23-18(25)15-4-2-3-5-16(15)19(23)26)20(27)28-11-17(24)22-10-13-6-8-14(21)9-7-13/h2-3,6-9,12,15-16H,4-5,10-11H2,1H3,(H,22,24)/t12-,15-,16-/m0/s1. The van der Waals surface area contributed by atoms with Gasteiger partial charge in [-0.1, -0.05) is 24.3 Å².